The van der Waals surface area contributed by atoms with E-state index in [4.69, 9.17) is 10.5 Å². The van der Waals surface area contributed by atoms with Crippen molar-refractivity contribution in [1.82, 2.24) is 5.32 Å². The molecule has 1 atom stereocenters. The number of hydrogen-bond acceptors (Lipinski definition) is 3. The lowest BCUT2D eigenvalue weighted by atomic mass is 10.0. The van der Waals surface area contributed by atoms with Crippen LogP contribution in [0.2, 0.25) is 0 Å². The van der Waals surface area contributed by atoms with Crippen molar-refractivity contribution in [1.29, 1.82) is 0 Å². The van der Waals surface area contributed by atoms with E-state index in [2.05, 4.69) is 5.32 Å². The molecule has 0 heterocycles. The Balaban J connectivity index is 0.00000264. The molecule has 4 nitrogen and oxygen atoms in total. The predicted octanol–water partition coefficient (Wildman–Crippen LogP) is 3.13. The number of amides is 1. The van der Waals surface area contributed by atoms with Crippen molar-refractivity contribution in [2.24, 2.45) is 5.73 Å². The van der Waals surface area contributed by atoms with E-state index in [1.807, 2.05) is 55.5 Å². The van der Waals surface area contributed by atoms with E-state index >= 15 is 0 Å². The Bertz CT molecular complexity index is 632. The third kappa shape index (κ3) is 5.58. The van der Waals surface area contributed by atoms with Gasteiger partial charge in [0.2, 0.25) is 5.91 Å². The molecule has 5 heteroatoms. The van der Waals surface area contributed by atoms with Gasteiger partial charge in [0, 0.05) is 24.6 Å². The van der Waals surface area contributed by atoms with Gasteiger partial charge in [0.05, 0.1) is 7.11 Å². The number of ether oxygens (including phenoxy) is 1. The molecule has 0 aliphatic heterocycles. The highest BCUT2D eigenvalue weighted by molar-refractivity contribution is 5.85. The van der Waals surface area contributed by atoms with Crippen LogP contribution >= 0.6 is 12.4 Å². The summed E-state index contributed by atoms with van der Waals surface area (Å²) >= 11 is 0. The number of nitrogens with one attached hydrogen (secondary N) is 1. The maximum Gasteiger partial charge on any atom is 0.222 e. The zero-order valence-electron chi connectivity index (χ0n) is 13.4. The van der Waals surface area contributed by atoms with E-state index in [9.17, 15) is 4.79 Å². The molecular formula is C18H23ClN2O2. The minimum Gasteiger partial charge on any atom is -0.496 e. The summed E-state index contributed by atoms with van der Waals surface area (Å²) in [5.74, 6) is 0.714. The molecule has 0 spiro atoms. The van der Waals surface area contributed by atoms with Crippen molar-refractivity contribution in [2.45, 2.75) is 25.9 Å². The van der Waals surface area contributed by atoms with Gasteiger partial charge < -0.3 is 15.8 Å². The van der Waals surface area contributed by atoms with Crippen LogP contribution in [0.15, 0.2) is 48.5 Å². The number of halogens is 1. The van der Waals surface area contributed by atoms with Crippen molar-refractivity contribution in [3.63, 3.8) is 0 Å². The van der Waals surface area contributed by atoms with Crippen molar-refractivity contribution < 1.29 is 9.53 Å². The highest BCUT2D eigenvalue weighted by Gasteiger charge is 2.12. The van der Waals surface area contributed by atoms with Crippen LogP contribution in [0.1, 0.15) is 29.2 Å². The predicted molar refractivity (Wildman–Crippen MR) is 94.8 cm³/mol. The van der Waals surface area contributed by atoms with E-state index in [0.717, 1.165) is 22.4 Å². The van der Waals surface area contributed by atoms with Gasteiger partial charge in [0.15, 0.2) is 0 Å². The summed E-state index contributed by atoms with van der Waals surface area (Å²) < 4.78 is 5.33. The first-order valence-corrected chi connectivity index (χ1v) is 7.31. The Hall–Kier alpha value is -2.04. The normalized spacial score (nSPS) is 11.3. The van der Waals surface area contributed by atoms with Gasteiger partial charge in [-0.2, -0.15) is 0 Å². The average molecular weight is 335 g/mol. The number of rotatable bonds is 6. The number of benzene rings is 2. The maximum atomic E-state index is 12.0. The number of aryl methyl sites for hydroxylation is 1. The van der Waals surface area contributed by atoms with Crippen LogP contribution < -0.4 is 15.8 Å². The maximum absolute atomic E-state index is 12.0. The van der Waals surface area contributed by atoms with E-state index in [0.29, 0.717) is 6.54 Å². The standard InChI is InChI=1S/C18H22N2O2.ClH/c1-13-8-9-15(17(10-13)22-2)12-20-18(21)11-16(19)14-6-4-3-5-7-14;/h3-10,16H,11-12,19H2,1-2H3,(H,20,21);1H. The molecule has 1 unspecified atom stereocenters. The quantitative estimate of drug-likeness (QED) is 0.853. The van der Waals surface area contributed by atoms with Gasteiger partial charge in [-0.15, -0.1) is 12.4 Å². The van der Waals surface area contributed by atoms with Crippen LogP contribution in [0.4, 0.5) is 0 Å². The van der Waals surface area contributed by atoms with E-state index in [1.165, 1.54) is 0 Å². The molecule has 2 aromatic rings. The number of hydrogen-bond donors (Lipinski definition) is 2. The van der Waals surface area contributed by atoms with Gasteiger partial charge in [-0.05, 0) is 24.1 Å². The van der Waals surface area contributed by atoms with Crippen molar-refractivity contribution in [3.05, 3.63) is 65.2 Å². The third-order valence-corrected chi connectivity index (χ3v) is 3.55. The van der Waals surface area contributed by atoms with Crippen LogP contribution in [-0.4, -0.2) is 13.0 Å². The summed E-state index contributed by atoms with van der Waals surface area (Å²) in [6.45, 7) is 2.44. The van der Waals surface area contributed by atoms with Crippen LogP contribution in [0.25, 0.3) is 0 Å². The highest BCUT2D eigenvalue weighted by atomic mass is 35.5. The Kier molecular flexibility index (Phi) is 7.59. The second kappa shape index (κ2) is 9.18. The number of methoxy groups -OCH3 is 1. The molecule has 2 rings (SSSR count). The van der Waals surface area contributed by atoms with Crippen molar-refractivity contribution in [2.75, 3.05) is 7.11 Å². The molecule has 2 aromatic carbocycles. The minimum atomic E-state index is -0.291. The molecule has 0 aliphatic carbocycles. The molecule has 0 aliphatic rings. The Morgan fingerprint density at radius 1 is 1.22 bits per heavy atom. The van der Waals surface area contributed by atoms with E-state index in [1.54, 1.807) is 7.11 Å². The number of nitrogens with two attached hydrogens (primary N) is 1. The average Bonchev–Trinajstić information content (AvgIpc) is 2.54. The fraction of sp³-hybridized carbons (Fsp3) is 0.278. The van der Waals surface area contributed by atoms with Crippen LogP contribution in [0.3, 0.4) is 0 Å². The number of carbonyl (C=O) groups excluding carboxylic acids is 1. The Morgan fingerprint density at radius 2 is 1.91 bits per heavy atom. The van der Waals surface area contributed by atoms with Gasteiger partial charge in [-0.1, -0.05) is 42.5 Å². The fourth-order valence-corrected chi connectivity index (χ4v) is 2.28. The molecule has 0 saturated heterocycles. The van der Waals surface area contributed by atoms with Gasteiger partial charge in [-0.3, -0.25) is 4.79 Å². The summed E-state index contributed by atoms with van der Waals surface area (Å²) in [5.41, 5.74) is 9.10. The van der Waals surface area contributed by atoms with Gasteiger partial charge in [-0.25, -0.2) is 0 Å². The van der Waals surface area contributed by atoms with E-state index < -0.39 is 0 Å². The van der Waals surface area contributed by atoms with E-state index in [-0.39, 0.29) is 30.8 Å². The molecular weight excluding hydrogens is 312 g/mol. The smallest absolute Gasteiger partial charge is 0.222 e. The summed E-state index contributed by atoms with van der Waals surface area (Å²) in [6, 6.07) is 15.3. The van der Waals surface area contributed by atoms with Gasteiger partial charge >= 0.3 is 0 Å². The first kappa shape index (κ1) is 19.0. The SMILES string of the molecule is COc1cc(C)ccc1CNC(=O)CC(N)c1ccccc1.Cl. The molecule has 0 bridgehead atoms. The van der Waals surface area contributed by atoms with Crippen molar-refractivity contribution in [3.8, 4) is 5.75 Å². The molecule has 3 N–H and O–H groups in total. The topological polar surface area (TPSA) is 64.3 Å². The monoisotopic (exact) mass is 334 g/mol. The number of carbonyl (C=O) groups is 1. The van der Waals surface area contributed by atoms with Gasteiger partial charge in [0.1, 0.15) is 5.75 Å². The van der Waals surface area contributed by atoms with Crippen LogP contribution in [0, 0.1) is 6.92 Å². The minimum absolute atomic E-state index is 0. The first-order chi connectivity index (χ1) is 10.6. The summed E-state index contributed by atoms with van der Waals surface area (Å²) in [7, 11) is 1.63. The Morgan fingerprint density at radius 3 is 2.57 bits per heavy atom. The molecule has 0 saturated carbocycles. The van der Waals surface area contributed by atoms with Gasteiger partial charge in [0.25, 0.3) is 0 Å². The summed E-state index contributed by atoms with van der Waals surface area (Å²) in [4.78, 5) is 12.0. The molecule has 23 heavy (non-hydrogen) atoms. The molecule has 0 radical (unpaired) electrons. The third-order valence-electron chi connectivity index (χ3n) is 3.55. The first-order valence-electron chi connectivity index (χ1n) is 7.31. The second-order valence-corrected chi connectivity index (χ2v) is 5.31. The Labute approximate surface area is 143 Å². The fourth-order valence-electron chi connectivity index (χ4n) is 2.28. The highest BCUT2D eigenvalue weighted by Crippen LogP contribution is 2.20. The summed E-state index contributed by atoms with van der Waals surface area (Å²) in [6.07, 6.45) is 0.262. The zero-order chi connectivity index (χ0) is 15.9. The van der Waals surface area contributed by atoms with Crippen molar-refractivity contribution >= 4 is 18.3 Å². The zero-order valence-corrected chi connectivity index (χ0v) is 14.2. The van der Waals surface area contributed by atoms with Crippen LogP contribution in [-0.2, 0) is 11.3 Å². The van der Waals surface area contributed by atoms with Crippen LogP contribution in [0.5, 0.6) is 5.75 Å². The largest absolute Gasteiger partial charge is 0.496 e. The lowest BCUT2D eigenvalue weighted by Crippen LogP contribution is -2.27. The molecule has 124 valence electrons. The molecule has 0 fully saturated rings. The molecule has 0 aromatic heterocycles. The lowest BCUT2D eigenvalue weighted by molar-refractivity contribution is -0.121. The second-order valence-electron chi connectivity index (χ2n) is 5.31. The molecule has 1 amide bonds. The summed E-state index contributed by atoms with van der Waals surface area (Å²) in [5, 5.41) is 2.89. The lowest BCUT2D eigenvalue weighted by Gasteiger charge is -2.13.